The molecule has 2 heterocycles. The predicted molar refractivity (Wildman–Crippen MR) is 108 cm³/mol. The van der Waals surface area contributed by atoms with Crippen molar-refractivity contribution in [3.8, 4) is 0 Å². The number of aromatic nitrogens is 1. The lowest BCUT2D eigenvalue weighted by atomic mass is 9.72. The van der Waals surface area contributed by atoms with Crippen LogP contribution in [0.15, 0.2) is 66.9 Å². The minimum atomic E-state index is -1.45. The molecule has 1 aliphatic heterocycles. The molecule has 1 saturated heterocycles. The first kappa shape index (κ1) is 19.1. The Labute approximate surface area is 168 Å². The Morgan fingerprint density at radius 1 is 1.07 bits per heavy atom. The number of carboxylic acids is 1. The summed E-state index contributed by atoms with van der Waals surface area (Å²) in [7, 11) is 0. The summed E-state index contributed by atoms with van der Waals surface area (Å²) >= 11 is 0. The Morgan fingerprint density at radius 2 is 1.86 bits per heavy atom. The number of carboxylic acid groups (broad SMARTS) is 1. The molecule has 6 nitrogen and oxygen atoms in total. The van der Waals surface area contributed by atoms with Gasteiger partial charge in [0.2, 0.25) is 0 Å². The van der Waals surface area contributed by atoms with Gasteiger partial charge in [-0.2, -0.15) is 0 Å². The van der Waals surface area contributed by atoms with Crippen molar-refractivity contribution in [2.24, 2.45) is 5.41 Å². The van der Waals surface area contributed by atoms with E-state index in [2.05, 4.69) is 4.98 Å². The van der Waals surface area contributed by atoms with Crippen molar-refractivity contribution >= 4 is 22.8 Å². The molecule has 0 spiro atoms. The Hall–Kier alpha value is -3.25. The van der Waals surface area contributed by atoms with Gasteiger partial charge in [0.1, 0.15) is 5.41 Å². The number of likely N-dealkylation sites (tertiary alicyclic amines) is 1. The Bertz CT molecular complexity index is 1050. The zero-order valence-electron chi connectivity index (χ0n) is 15.9. The van der Waals surface area contributed by atoms with Crippen LogP contribution in [0.3, 0.4) is 0 Å². The van der Waals surface area contributed by atoms with Crippen molar-refractivity contribution < 1.29 is 19.8 Å². The van der Waals surface area contributed by atoms with Gasteiger partial charge in [-0.25, -0.2) is 0 Å². The topological polar surface area (TPSA) is 90.7 Å². The molecule has 0 bridgehead atoms. The van der Waals surface area contributed by atoms with Crippen LogP contribution in [0.2, 0.25) is 0 Å². The molecule has 148 valence electrons. The molecule has 2 atom stereocenters. The van der Waals surface area contributed by atoms with E-state index in [0.29, 0.717) is 17.6 Å². The van der Waals surface area contributed by atoms with E-state index in [4.69, 9.17) is 0 Å². The predicted octanol–water partition coefficient (Wildman–Crippen LogP) is 2.76. The number of hydrogen-bond donors (Lipinski definition) is 2. The van der Waals surface area contributed by atoms with Crippen LogP contribution in [-0.2, 0) is 11.2 Å². The van der Waals surface area contributed by atoms with Crippen LogP contribution in [0, 0.1) is 5.41 Å². The molecule has 1 aromatic heterocycles. The van der Waals surface area contributed by atoms with Crippen LogP contribution in [0.4, 0.5) is 0 Å². The number of rotatable bonds is 4. The second-order valence-electron chi connectivity index (χ2n) is 7.53. The lowest BCUT2D eigenvalue weighted by molar-refractivity contribution is -0.161. The van der Waals surface area contributed by atoms with Gasteiger partial charge in [-0.05, 0) is 36.6 Å². The molecule has 29 heavy (non-hydrogen) atoms. The maximum atomic E-state index is 13.3. The number of piperidine rings is 1. The van der Waals surface area contributed by atoms with Crippen LogP contribution in [0.25, 0.3) is 10.9 Å². The third-order valence-corrected chi connectivity index (χ3v) is 5.73. The second-order valence-corrected chi connectivity index (χ2v) is 7.53. The van der Waals surface area contributed by atoms with Gasteiger partial charge in [-0.1, -0.05) is 42.5 Å². The van der Waals surface area contributed by atoms with E-state index < -0.39 is 17.5 Å². The molecule has 0 aliphatic carbocycles. The number of benzene rings is 2. The van der Waals surface area contributed by atoms with Gasteiger partial charge in [0, 0.05) is 30.2 Å². The molecular formula is C23H22N2O4. The fourth-order valence-electron chi connectivity index (χ4n) is 4.13. The van der Waals surface area contributed by atoms with Crippen molar-refractivity contribution in [1.29, 1.82) is 0 Å². The lowest BCUT2D eigenvalue weighted by Crippen LogP contribution is -2.58. The molecule has 0 radical (unpaired) electrons. The van der Waals surface area contributed by atoms with Crippen LogP contribution in [0.1, 0.15) is 22.3 Å². The fourth-order valence-corrected chi connectivity index (χ4v) is 4.13. The number of fused-ring (bicyclic) bond motifs is 1. The van der Waals surface area contributed by atoms with E-state index in [1.54, 1.807) is 29.3 Å². The van der Waals surface area contributed by atoms with E-state index in [-0.39, 0.29) is 25.3 Å². The standard InChI is InChI=1S/C23H22N2O4/c26-20-11-13-25(15-23(20,22(28)29)14-16-6-2-1-3-7-16)21(27)18-8-4-10-19-17(18)9-5-12-24-19/h1-10,12,20,26H,11,13-15H2,(H,28,29)/t20-,23+/m0/s1. The van der Waals surface area contributed by atoms with E-state index in [9.17, 15) is 19.8 Å². The van der Waals surface area contributed by atoms with E-state index in [1.165, 1.54) is 0 Å². The van der Waals surface area contributed by atoms with E-state index in [1.807, 2.05) is 42.5 Å². The Morgan fingerprint density at radius 3 is 2.62 bits per heavy atom. The van der Waals surface area contributed by atoms with Crippen molar-refractivity contribution in [2.45, 2.75) is 18.9 Å². The number of hydrogen-bond acceptors (Lipinski definition) is 4. The van der Waals surface area contributed by atoms with Crippen LogP contribution >= 0.6 is 0 Å². The third kappa shape index (κ3) is 3.47. The smallest absolute Gasteiger partial charge is 0.314 e. The summed E-state index contributed by atoms with van der Waals surface area (Å²) in [6, 6.07) is 18.2. The largest absolute Gasteiger partial charge is 0.481 e. The average Bonchev–Trinajstić information content (AvgIpc) is 2.75. The van der Waals surface area contributed by atoms with Crippen LogP contribution < -0.4 is 0 Å². The first-order valence-corrected chi connectivity index (χ1v) is 9.60. The highest BCUT2D eigenvalue weighted by molar-refractivity contribution is 6.06. The first-order chi connectivity index (χ1) is 14.0. The summed E-state index contributed by atoms with van der Waals surface area (Å²) in [5, 5.41) is 21.5. The molecule has 1 amide bonds. The number of amides is 1. The Kier molecular flexibility index (Phi) is 5.03. The molecule has 1 fully saturated rings. The molecule has 0 saturated carbocycles. The van der Waals surface area contributed by atoms with Gasteiger partial charge < -0.3 is 15.1 Å². The van der Waals surface area contributed by atoms with E-state index >= 15 is 0 Å². The molecule has 4 rings (SSSR count). The minimum Gasteiger partial charge on any atom is -0.481 e. The van der Waals surface area contributed by atoms with Gasteiger partial charge in [0.25, 0.3) is 5.91 Å². The Balaban J connectivity index is 1.68. The summed E-state index contributed by atoms with van der Waals surface area (Å²) in [4.78, 5) is 31.4. The highest BCUT2D eigenvalue weighted by Crippen LogP contribution is 2.35. The van der Waals surface area contributed by atoms with Gasteiger partial charge in [0.05, 0.1) is 11.6 Å². The summed E-state index contributed by atoms with van der Waals surface area (Å²) in [6.45, 7) is 0.258. The third-order valence-electron chi connectivity index (χ3n) is 5.73. The fraction of sp³-hybridized carbons (Fsp3) is 0.261. The van der Waals surface area contributed by atoms with Gasteiger partial charge in [0.15, 0.2) is 0 Å². The highest BCUT2D eigenvalue weighted by Gasteiger charge is 2.50. The quantitative estimate of drug-likeness (QED) is 0.715. The monoisotopic (exact) mass is 390 g/mol. The van der Waals surface area contributed by atoms with Crippen molar-refractivity contribution in [3.05, 3.63) is 78.0 Å². The van der Waals surface area contributed by atoms with Gasteiger partial charge in [-0.3, -0.25) is 14.6 Å². The number of aliphatic hydroxyl groups excluding tert-OH is 1. The van der Waals surface area contributed by atoms with Gasteiger partial charge >= 0.3 is 5.97 Å². The second kappa shape index (κ2) is 7.64. The number of carbonyl (C=O) groups excluding carboxylic acids is 1. The SMILES string of the molecule is O=C(c1cccc2ncccc12)N1CC[C@H](O)[C@](Cc2ccccc2)(C(=O)O)C1. The maximum Gasteiger partial charge on any atom is 0.314 e. The molecule has 0 unspecified atom stereocenters. The maximum absolute atomic E-state index is 13.3. The molecule has 2 aromatic carbocycles. The van der Waals surface area contributed by atoms with E-state index in [0.717, 1.165) is 10.9 Å². The number of aliphatic carboxylic acids is 1. The molecule has 1 aliphatic rings. The summed E-state index contributed by atoms with van der Waals surface area (Å²) in [5.74, 6) is -1.33. The van der Waals surface area contributed by atoms with Crippen molar-refractivity contribution in [3.63, 3.8) is 0 Å². The number of nitrogens with zero attached hydrogens (tertiary/aromatic N) is 2. The molecular weight excluding hydrogens is 368 g/mol. The zero-order chi connectivity index (χ0) is 20.4. The summed E-state index contributed by atoms with van der Waals surface area (Å²) in [5.41, 5.74) is 0.575. The minimum absolute atomic E-state index is 0.0477. The molecule has 6 heteroatoms. The van der Waals surface area contributed by atoms with Crippen LogP contribution in [0.5, 0.6) is 0 Å². The number of carbonyl (C=O) groups is 2. The van der Waals surface area contributed by atoms with Gasteiger partial charge in [-0.15, -0.1) is 0 Å². The number of pyridine rings is 1. The van der Waals surface area contributed by atoms with Crippen molar-refractivity contribution in [2.75, 3.05) is 13.1 Å². The van der Waals surface area contributed by atoms with Crippen LogP contribution in [-0.4, -0.2) is 51.2 Å². The molecule has 2 N–H and O–H groups in total. The molecule has 3 aromatic rings. The first-order valence-electron chi connectivity index (χ1n) is 9.60. The lowest BCUT2D eigenvalue weighted by Gasteiger charge is -2.43. The summed E-state index contributed by atoms with van der Waals surface area (Å²) < 4.78 is 0. The number of aliphatic hydroxyl groups is 1. The summed E-state index contributed by atoms with van der Waals surface area (Å²) in [6.07, 6.45) is 1.01. The normalized spacial score (nSPS) is 21.8. The van der Waals surface area contributed by atoms with Crippen molar-refractivity contribution in [1.82, 2.24) is 9.88 Å². The zero-order valence-corrected chi connectivity index (χ0v) is 15.9. The highest BCUT2D eigenvalue weighted by atomic mass is 16.4. The average molecular weight is 390 g/mol.